The average Bonchev–Trinajstić information content (AvgIpc) is 3.20. The summed E-state index contributed by atoms with van der Waals surface area (Å²) in [6.45, 7) is 11.6. The van der Waals surface area contributed by atoms with Crippen LogP contribution in [0.25, 0.3) is 10.9 Å². The third-order valence-corrected chi connectivity index (χ3v) is 10.3. The molecule has 5 nitrogen and oxygen atoms in total. The van der Waals surface area contributed by atoms with E-state index in [4.69, 9.17) is 9.47 Å². The molecule has 0 saturated carbocycles. The van der Waals surface area contributed by atoms with Crippen LogP contribution in [-0.2, 0) is 27.8 Å². The van der Waals surface area contributed by atoms with Gasteiger partial charge in [-0.1, -0.05) is 30.3 Å². The van der Waals surface area contributed by atoms with Crippen molar-refractivity contribution < 1.29 is 22.6 Å². The minimum atomic E-state index is -4.49. The fourth-order valence-corrected chi connectivity index (χ4v) is 6.32. The molecule has 0 radical (unpaired) electrons. The first-order chi connectivity index (χ1) is 17.9. The van der Waals surface area contributed by atoms with Crippen molar-refractivity contribution in [2.45, 2.75) is 69.9 Å². The molecule has 2 heterocycles. The maximum absolute atomic E-state index is 13.9. The van der Waals surface area contributed by atoms with E-state index in [0.717, 1.165) is 38.0 Å². The predicted octanol–water partition coefficient (Wildman–Crippen LogP) is 7.26. The summed E-state index contributed by atoms with van der Waals surface area (Å²) >= 11 is 3.48. The number of nitrogens with zero attached hydrogens (tertiary/aromatic N) is 2. The van der Waals surface area contributed by atoms with Crippen molar-refractivity contribution in [2.24, 2.45) is 0 Å². The summed E-state index contributed by atoms with van der Waals surface area (Å²) in [6.07, 6.45) is -3.27. The number of hydrogen-bond donors (Lipinski definition) is 1. The van der Waals surface area contributed by atoms with Gasteiger partial charge in [0.2, 0.25) is 0 Å². The van der Waals surface area contributed by atoms with Gasteiger partial charge >= 0.3 is 165 Å². The van der Waals surface area contributed by atoms with Gasteiger partial charge in [0.1, 0.15) is 0 Å². The van der Waals surface area contributed by atoms with Crippen molar-refractivity contribution in [3.05, 3.63) is 63.8 Å². The van der Waals surface area contributed by atoms with E-state index in [0.29, 0.717) is 34.3 Å². The monoisotopic (exact) mass is 612 g/mol. The number of hydrogen-bond acceptors (Lipinski definition) is 4. The average molecular weight is 614 g/mol. The molecular formula is C28H38BrF3N3O2Si-. The van der Waals surface area contributed by atoms with Gasteiger partial charge < -0.3 is 5.32 Å². The third kappa shape index (κ3) is 6.88. The van der Waals surface area contributed by atoms with E-state index in [2.05, 4.69) is 58.1 Å². The van der Waals surface area contributed by atoms with Crippen LogP contribution in [0.15, 0.2) is 47.1 Å². The van der Waals surface area contributed by atoms with E-state index in [1.165, 1.54) is 11.6 Å². The molecule has 4 rings (SSSR count). The predicted molar refractivity (Wildman–Crippen MR) is 153 cm³/mol. The maximum atomic E-state index is 13.9. The number of alkyl halides is 3. The fourth-order valence-electron chi connectivity index (χ4n) is 4.96. The summed E-state index contributed by atoms with van der Waals surface area (Å²) in [4.78, 5) is 0. The molecule has 0 amide bonds. The molecule has 1 aliphatic heterocycles. The molecule has 0 bridgehead atoms. The van der Waals surface area contributed by atoms with Crippen LogP contribution in [-0.4, -0.2) is 44.2 Å². The standard InChI is InChI=1S/C28H38BrF3N3O2Si/c1-20(37-18-27(10-12-33-13-11-27)21-8-6-5-7-9-21)23-16-22(28(30,31)32)17-24-25(23)34-35(26(24)29)19-36-14-15-38(2,3)4/h5-9,16-17,20,33,38H,10-15,18-19H2,1-4H3/q-1. The molecule has 3 aromatic rings. The Morgan fingerprint density at radius 2 is 1.82 bits per heavy atom. The minimum absolute atomic E-state index is 0.171. The molecular weight excluding hydrogens is 575 g/mol. The van der Waals surface area contributed by atoms with Crippen molar-refractivity contribution in [3.8, 4) is 0 Å². The second-order valence-electron chi connectivity index (χ2n) is 11.9. The fraction of sp³-hybridized carbons (Fsp3) is 0.536. The number of benzene rings is 2. The van der Waals surface area contributed by atoms with Gasteiger partial charge in [-0.25, -0.2) is 0 Å². The van der Waals surface area contributed by atoms with Crippen molar-refractivity contribution in [1.82, 2.24) is 15.1 Å². The molecule has 0 aliphatic carbocycles. The number of aromatic nitrogens is 2. The Balaban J connectivity index is 1.62. The molecule has 1 N–H and O–H groups in total. The summed E-state index contributed by atoms with van der Waals surface area (Å²) < 4.78 is 56.0. The summed E-state index contributed by atoms with van der Waals surface area (Å²) in [5, 5.41) is 8.47. The van der Waals surface area contributed by atoms with Crippen LogP contribution in [0.2, 0.25) is 25.7 Å². The van der Waals surface area contributed by atoms with Crippen LogP contribution in [0.1, 0.15) is 42.6 Å². The van der Waals surface area contributed by atoms with Crippen molar-refractivity contribution in [1.29, 1.82) is 0 Å². The van der Waals surface area contributed by atoms with Gasteiger partial charge in [-0.15, -0.1) is 0 Å². The summed E-state index contributed by atoms with van der Waals surface area (Å²) in [6, 6.07) is 13.6. The van der Waals surface area contributed by atoms with Crippen molar-refractivity contribution in [3.63, 3.8) is 0 Å². The summed E-state index contributed by atoms with van der Waals surface area (Å²) in [5.41, 5.74) is 1.22. The molecule has 10 heteroatoms. The Hall–Kier alpha value is -1.72. The first-order valence-corrected chi connectivity index (χ1v) is 18.5. The van der Waals surface area contributed by atoms with Gasteiger partial charge in [0.25, 0.3) is 0 Å². The molecule has 1 fully saturated rings. The molecule has 1 atom stereocenters. The van der Waals surface area contributed by atoms with Crippen LogP contribution < -0.4 is 5.32 Å². The number of piperidine rings is 1. The summed E-state index contributed by atoms with van der Waals surface area (Å²) in [7, 11) is -1.54. The quantitative estimate of drug-likeness (QED) is 0.193. The zero-order valence-corrected chi connectivity index (χ0v) is 25.3. The Kier molecular flexibility index (Phi) is 9.08. The SMILES string of the molecule is CC(OCC1(c2ccccc2)CCNCC1)c1cc(C(F)(F)F)cc2c(Br)n(COCC[SiH-](C)(C)C)nc12. The van der Waals surface area contributed by atoms with Crippen molar-refractivity contribution in [2.75, 3.05) is 26.3 Å². The first kappa shape index (κ1) is 29.3. The van der Waals surface area contributed by atoms with Crippen LogP contribution in [0.5, 0.6) is 0 Å². The number of ether oxygens (including phenoxy) is 2. The van der Waals surface area contributed by atoms with Crippen LogP contribution >= 0.6 is 15.9 Å². The normalized spacial score (nSPS) is 17.6. The van der Waals surface area contributed by atoms with E-state index in [9.17, 15) is 13.2 Å². The van der Waals surface area contributed by atoms with E-state index in [1.807, 2.05) is 25.1 Å². The van der Waals surface area contributed by atoms with E-state index < -0.39 is 25.9 Å². The van der Waals surface area contributed by atoms with Gasteiger partial charge in [0, 0.05) is 0 Å². The molecule has 1 unspecified atom stereocenters. The van der Waals surface area contributed by atoms with Crippen LogP contribution in [0.4, 0.5) is 13.2 Å². The first-order valence-electron chi connectivity index (χ1n) is 13.4. The number of rotatable bonds is 10. The van der Waals surface area contributed by atoms with E-state index in [-0.39, 0.29) is 12.1 Å². The Labute approximate surface area is 232 Å². The van der Waals surface area contributed by atoms with Gasteiger partial charge in [0.15, 0.2) is 0 Å². The van der Waals surface area contributed by atoms with Crippen molar-refractivity contribution >= 4 is 34.9 Å². The Morgan fingerprint density at radius 1 is 1.13 bits per heavy atom. The topological polar surface area (TPSA) is 48.3 Å². The van der Waals surface area contributed by atoms with Gasteiger partial charge in [0.05, 0.1) is 0 Å². The number of nitrogens with one attached hydrogen (secondary N) is 1. The third-order valence-electron chi connectivity index (χ3n) is 7.47. The van der Waals surface area contributed by atoms with Gasteiger partial charge in [-0.05, 0) is 31.5 Å². The Bertz CT molecular complexity index is 1220. The van der Waals surface area contributed by atoms with Crippen LogP contribution in [0, 0.1) is 0 Å². The number of halogens is 4. The second-order valence-corrected chi connectivity index (χ2v) is 19.1. The molecule has 1 saturated heterocycles. The molecule has 0 spiro atoms. The van der Waals surface area contributed by atoms with Crippen LogP contribution in [0.3, 0.4) is 0 Å². The van der Waals surface area contributed by atoms with Gasteiger partial charge in [-0.2, -0.15) is 0 Å². The van der Waals surface area contributed by atoms with E-state index >= 15 is 0 Å². The zero-order chi connectivity index (χ0) is 27.6. The molecule has 1 aliphatic rings. The zero-order valence-electron chi connectivity index (χ0n) is 22.6. The van der Waals surface area contributed by atoms with E-state index in [1.54, 1.807) is 4.68 Å². The Morgan fingerprint density at radius 3 is 2.45 bits per heavy atom. The second kappa shape index (κ2) is 11.8. The molecule has 1 aromatic heterocycles. The molecule has 38 heavy (non-hydrogen) atoms. The molecule has 210 valence electrons. The summed E-state index contributed by atoms with van der Waals surface area (Å²) in [5.74, 6) is 0. The molecule has 2 aromatic carbocycles. The number of fused-ring (bicyclic) bond motifs is 1. The van der Waals surface area contributed by atoms with Gasteiger partial charge in [-0.3, -0.25) is 0 Å².